The summed E-state index contributed by atoms with van der Waals surface area (Å²) in [6, 6.07) is 2.47. The Morgan fingerprint density at radius 3 is 2.64 bits per heavy atom. The lowest BCUT2D eigenvalue weighted by molar-refractivity contribution is -0.0883. The van der Waals surface area contributed by atoms with Gasteiger partial charge in [0, 0.05) is 36.3 Å². The Labute approximate surface area is 226 Å². The molecule has 9 nitrogen and oxygen atoms in total. The first-order chi connectivity index (χ1) is 18.5. The number of rotatable bonds is 6. The molecule has 39 heavy (non-hydrogen) atoms. The zero-order valence-corrected chi connectivity index (χ0v) is 21.5. The zero-order valence-electron chi connectivity index (χ0n) is 20.7. The second-order valence-corrected chi connectivity index (χ2v) is 8.59. The van der Waals surface area contributed by atoms with Crippen LogP contribution in [-0.4, -0.2) is 67.3 Å². The zero-order chi connectivity index (χ0) is 28.6. The normalized spacial score (nSPS) is 17.3. The molecule has 14 heteroatoms. The van der Waals surface area contributed by atoms with Crippen LogP contribution in [0.2, 0.25) is 5.02 Å². The van der Waals surface area contributed by atoms with Gasteiger partial charge in [0.25, 0.3) is 5.91 Å². The minimum Gasteiger partial charge on any atom is -0.506 e. The van der Waals surface area contributed by atoms with Gasteiger partial charge in [-0.1, -0.05) is 29.8 Å². The van der Waals surface area contributed by atoms with Crippen LogP contribution in [0.4, 0.5) is 17.6 Å². The summed E-state index contributed by atoms with van der Waals surface area (Å²) in [6.07, 6.45) is 0.865. The van der Waals surface area contributed by atoms with E-state index < -0.39 is 23.5 Å². The molecule has 1 heterocycles. The molecule has 0 bridgehead atoms. The lowest BCUT2D eigenvalue weighted by atomic mass is 10.1. The van der Waals surface area contributed by atoms with E-state index in [2.05, 4.69) is 32.5 Å². The molecule has 1 aliphatic heterocycles. The summed E-state index contributed by atoms with van der Waals surface area (Å²) in [5.74, 6) is -1.70. The highest BCUT2D eigenvalue weighted by Crippen LogP contribution is 2.30. The Morgan fingerprint density at radius 2 is 2.00 bits per heavy atom. The van der Waals surface area contributed by atoms with Gasteiger partial charge in [-0.25, -0.2) is 14.8 Å². The highest BCUT2D eigenvalue weighted by Gasteiger charge is 2.31. The molecule has 3 N–H and O–H groups in total. The van der Waals surface area contributed by atoms with Crippen molar-refractivity contribution in [2.45, 2.75) is 19.5 Å². The maximum absolute atomic E-state index is 14.1. The van der Waals surface area contributed by atoms with Gasteiger partial charge in [-0.3, -0.25) is 4.79 Å². The number of halogens is 5. The first kappa shape index (κ1) is 29.6. The topological polar surface area (TPSA) is 111 Å². The number of hydrazone groups is 1. The van der Waals surface area contributed by atoms with Gasteiger partial charge in [-0.2, -0.15) is 23.3 Å². The molecule has 1 saturated heterocycles. The van der Waals surface area contributed by atoms with E-state index in [1.54, 1.807) is 4.90 Å². The van der Waals surface area contributed by atoms with E-state index in [1.807, 2.05) is 0 Å². The number of hydrogen-bond acceptors (Lipinski definition) is 6. The van der Waals surface area contributed by atoms with Crippen molar-refractivity contribution in [3.05, 3.63) is 75.5 Å². The van der Waals surface area contributed by atoms with Crippen LogP contribution in [0.25, 0.3) is 0 Å². The number of aliphatic imine (C=N–C) groups is 2. The Balaban J connectivity index is 1.74. The number of carbonyl (C=O) groups is 1. The fraction of sp³-hybridized carbons (Fsp3) is 0.280. The fourth-order valence-electron chi connectivity index (χ4n) is 3.49. The average molecular weight is 569 g/mol. The summed E-state index contributed by atoms with van der Waals surface area (Å²) in [4.78, 5) is 22.3. The molecule has 0 spiro atoms. The molecule has 3 rings (SSSR count). The van der Waals surface area contributed by atoms with Crippen LogP contribution < -0.4 is 10.7 Å². The number of ether oxygens (including phenoxy) is 1. The predicted octanol–water partition coefficient (Wildman–Crippen LogP) is 4.58. The summed E-state index contributed by atoms with van der Waals surface area (Å²) in [7, 11) is 0. The smallest absolute Gasteiger partial charge is 0.416 e. The van der Waals surface area contributed by atoms with E-state index in [-0.39, 0.29) is 45.8 Å². The molecule has 1 aromatic rings. The minimum atomic E-state index is -4.51. The minimum absolute atomic E-state index is 0.00901. The molecule has 1 aromatic carbocycles. The number of amides is 1. The lowest BCUT2D eigenvalue weighted by Gasteiger charge is -2.28. The van der Waals surface area contributed by atoms with Crippen LogP contribution in [0.3, 0.4) is 0 Å². The second-order valence-electron chi connectivity index (χ2n) is 8.18. The highest BCUT2D eigenvalue weighted by molar-refractivity contribution is 6.33. The van der Waals surface area contributed by atoms with Crippen molar-refractivity contribution in [3.8, 4) is 5.75 Å². The molecule has 0 atom stereocenters. The van der Waals surface area contributed by atoms with Crippen LogP contribution in [0.5, 0.6) is 5.75 Å². The quantitative estimate of drug-likeness (QED) is 0.201. The molecule has 0 saturated carbocycles. The number of guanidine groups is 1. The van der Waals surface area contributed by atoms with Gasteiger partial charge >= 0.3 is 6.18 Å². The van der Waals surface area contributed by atoms with E-state index in [1.165, 1.54) is 31.2 Å². The van der Waals surface area contributed by atoms with E-state index in [9.17, 15) is 27.5 Å². The second kappa shape index (κ2) is 13.2. The Bertz CT molecular complexity index is 1290. The van der Waals surface area contributed by atoms with Crippen molar-refractivity contribution < 1.29 is 32.2 Å². The maximum atomic E-state index is 14.1. The van der Waals surface area contributed by atoms with E-state index in [0.29, 0.717) is 26.3 Å². The monoisotopic (exact) mass is 568 g/mol. The first-order valence-electron chi connectivity index (χ1n) is 11.5. The van der Waals surface area contributed by atoms with Crippen molar-refractivity contribution in [2.75, 3.05) is 26.3 Å². The number of nitrogens with zero attached hydrogens (tertiary/aromatic N) is 4. The largest absolute Gasteiger partial charge is 0.506 e. The number of morpholine rings is 1. The van der Waals surface area contributed by atoms with E-state index in [0.717, 1.165) is 18.4 Å². The van der Waals surface area contributed by atoms with Crippen molar-refractivity contribution >= 4 is 36.4 Å². The van der Waals surface area contributed by atoms with Crippen LogP contribution in [0, 0.1) is 0 Å². The molecule has 1 fully saturated rings. The third-order valence-corrected chi connectivity index (χ3v) is 5.71. The number of alkyl halides is 3. The number of benzene rings is 1. The summed E-state index contributed by atoms with van der Waals surface area (Å²) >= 11 is 6.07. The highest BCUT2D eigenvalue weighted by atomic mass is 35.5. The molecular formula is C25H25ClF4N6O3. The number of phenols is 1. The molecular weight excluding hydrogens is 544 g/mol. The Morgan fingerprint density at radius 1 is 1.28 bits per heavy atom. The van der Waals surface area contributed by atoms with Crippen LogP contribution in [-0.2, 0) is 4.74 Å². The molecule has 1 amide bonds. The number of allylic oxidation sites excluding steroid dienone is 6. The number of aromatic hydroxyl groups is 1. The number of phenolic OH excluding ortho intramolecular Hbond substituents is 1. The van der Waals surface area contributed by atoms with Gasteiger partial charge in [-0.15, -0.1) is 0 Å². The van der Waals surface area contributed by atoms with Gasteiger partial charge in [0.15, 0.2) is 5.82 Å². The number of hydrogen-bond donors (Lipinski definition) is 3. The van der Waals surface area contributed by atoms with Gasteiger partial charge in [0.2, 0.25) is 5.96 Å². The van der Waals surface area contributed by atoms with Crippen molar-refractivity contribution in [2.24, 2.45) is 15.1 Å². The van der Waals surface area contributed by atoms with Gasteiger partial charge in [0.1, 0.15) is 11.6 Å². The lowest BCUT2D eigenvalue weighted by Crippen LogP contribution is -2.36. The SMILES string of the molecule is C=N/C(=N\C(=C(/C)F)N1CCOCC1)N/N=C\c1cc(C(=O)NC2=CC=CC(C(F)(F)F)=CC2)cc(Cl)c1O. The van der Waals surface area contributed by atoms with Gasteiger partial charge < -0.3 is 20.1 Å². The van der Waals surface area contributed by atoms with Crippen molar-refractivity contribution in [3.63, 3.8) is 0 Å². The van der Waals surface area contributed by atoms with Gasteiger partial charge in [0.05, 0.1) is 30.0 Å². The average Bonchev–Trinajstić information content (AvgIpc) is 3.14. The predicted molar refractivity (Wildman–Crippen MR) is 140 cm³/mol. The summed E-state index contributed by atoms with van der Waals surface area (Å²) in [5.41, 5.74) is 1.93. The Kier molecular flexibility index (Phi) is 10.0. The molecule has 0 unspecified atom stereocenters. The number of nitrogens with one attached hydrogen (secondary N) is 2. The van der Waals surface area contributed by atoms with E-state index in [4.69, 9.17) is 16.3 Å². The maximum Gasteiger partial charge on any atom is 0.416 e. The third-order valence-electron chi connectivity index (χ3n) is 5.42. The molecule has 0 aromatic heterocycles. The first-order valence-corrected chi connectivity index (χ1v) is 11.9. The summed E-state index contributed by atoms with van der Waals surface area (Å²) in [6.45, 7) is 6.33. The molecule has 1 aliphatic carbocycles. The van der Waals surface area contributed by atoms with Crippen LogP contribution in [0.15, 0.2) is 74.4 Å². The molecule has 208 valence electrons. The molecule has 2 aliphatic rings. The van der Waals surface area contributed by atoms with Crippen molar-refractivity contribution in [1.29, 1.82) is 0 Å². The van der Waals surface area contributed by atoms with Crippen molar-refractivity contribution in [1.82, 2.24) is 15.6 Å². The van der Waals surface area contributed by atoms with Crippen LogP contribution in [0.1, 0.15) is 29.3 Å². The summed E-state index contributed by atoms with van der Waals surface area (Å²) in [5, 5.41) is 16.6. The third kappa shape index (κ3) is 8.26. The molecule has 0 radical (unpaired) electrons. The van der Waals surface area contributed by atoms with E-state index >= 15 is 0 Å². The fourth-order valence-corrected chi connectivity index (χ4v) is 3.72. The van der Waals surface area contributed by atoms with Gasteiger partial charge in [-0.05, 0) is 31.9 Å². The summed E-state index contributed by atoms with van der Waals surface area (Å²) < 4.78 is 58.2. The Hall–Kier alpha value is -3.97. The van der Waals surface area contributed by atoms with Crippen LogP contribution >= 0.6 is 11.6 Å². The number of carbonyl (C=O) groups excluding carboxylic acids is 1. The standard InChI is InChI=1S/C25H25ClF4N6O3/c1-15(27)22(36-8-10-39-11-9-36)34-24(31-2)35-32-14-17-12-16(13-20(26)21(17)37)23(38)33-19-5-3-4-18(6-7-19)25(28,29)30/h3-6,12-14,37H,2,7-11H2,1H3,(H,33,38)(H,34,35)/b22-15-,32-14-.